The fraction of sp³-hybridized carbons (Fsp3) is 0.647. The average molecular weight is 260 g/mol. The van der Waals surface area contributed by atoms with Crippen molar-refractivity contribution in [3.63, 3.8) is 0 Å². The minimum absolute atomic E-state index is 0.200. The van der Waals surface area contributed by atoms with Crippen LogP contribution in [0.4, 0.5) is 5.69 Å². The summed E-state index contributed by atoms with van der Waals surface area (Å²) >= 11 is 0. The highest BCUT2D eigenvalue weighted by molar-refractivity contribution is 5.54. The van der Waals surface area contributed by atoms with Crippen LogP contribution in [0.25, 0.3) is 0 Å². The van der Waals surface area contributed by atoms with Crippen LogP contribution >= 0.6 is 0 Å². The number of likely N-dealkylation sites (tertiary alicyclic amines) is 1. The van der Waals surface area contributed by atoms with Crippen LogP contribution in [0.5, 0.6) is 0 Å². The molecular weight excluding hydrogens is 232 g/mol. The first-order chi connectivity index (χ1) is 8.97. The summed E-state index contributed by atoms with van der Waals surface area (Å²) in [5, 5.41) is 3.79. The standard InChI is InChI=1S/C17H28N2/c1-17(2,3)15-9-5-6-10-16(15)18-14-8-7-12-19(4)13-11-14/h5-6,9-10,14,18H,7-8,11-13H2,1-4H3. The highest BCUT2D eigenvalue weighted by Crippen LogP contribution is 2.30. The first-order valence-corrected chi connectivity index (χ1v) is 7.51. The molecule has 0 bridgehead atoms. The third-order valence-corrected chi connectivity index (χ3v) is 4.05. The summed E-state index contributed by atoms with van der Waals surface area (Å²) in [6.45, 7) is 9.30. The van der Waals surface area contributed by atoms with Crippen molar-refractivity contribution in [3.8, 4) is 0 Å². The second kappa shape index (κ2) is 5.96. The van der Waals surface area contributed by atoms with Crippen LogP contribution in [-0.2, 0) is 5.41 Å². The lowest BCUT2D eigenvalue weighted by atomic mass is 9.85. The number of nitrogens with zero attached hydrogens (tertiary/aromatic N) is 1. The predicted molar refractivity (Wildman–Crippen MR) is 83.9 cm³/mol. The predicted octanol–water partition coefficient (Wildman–Crippen LogP) is 3.88. The van der Waals surface area contributed by atoms with E-state index in [2.05, 4.69) is 62.3 Å². The lowest BCUT2D eigenvalue weighted by Gasteiger charge is -2.26. The van der Waals surface area contributed by atoms with Crippen molar-refractivity contribution >= 4 is 5.69 Å². The Morgan fingerprint density at radius 1 is 1.11 bits per heavy atom. The van der Waals surface area contributed by atoms with Gasteiger partial charge >= 0.3 is 0 Å². The van der Waals surface area contributed by atoms with Crippen molar-refractivity contribution in [3.05, 3.63) is 29.8 Å². The van der Waals surface area contributed by atoms with Gasteiger partial charge in [-0.2, -0.15) is 0 Å². The Bertz CT molecular complexity index is 406. The monoisotopic (exact) mass is 260 g/mol. The first kappa shape index (κ1) is 14.4. The summed E-state index contributed by atoms with van der Waals surface area (Å²) in [7, 11) is 2.23. The van der Waals surface area contributed by atoms with E-state index in [9.17, 15) is 0 Å². The van der Waals surface area contributed by atoms with Crippen LogP contribution in [0, 0.1) is 0 Å². The van der Waals surface area contributed by atoms with Gasteiger partial charge in [0, 0.05) is 11.7 Å². The molecule has 2 rings (SSSR count). The van der Waals surface area contributed by atoms with Crippen LogP contribution in [0.3, 0.4) is 0 Å². The van der Waals surface area contributed by atoms with Gasteiger partial charge in [0.1, 0.15) is 0 Å². The van der Waals surface area contributed by atoms with Gasteiger partial charge in [0.25, 0.3) is 0 Å². The third-order valence-electron chi connectivity index (χ3n) is 4.05. The van der Waals surface area contributed by atoms with Crippen molar-refractivity contribution in [2.24, 2.45) is 0 Å². The van der Waals surface area contributed by atoms with E-state index in [-0.39, 0.29) is 5.41 Å². The molecule has 1 heterocycles. The molecule has 19 heavy (non-hydrogen) atoms. The van der Waals surface area contributed by atoms with Gasteiger partial charge in [-0.1, -0.05) is 39.0 Å². The van der Waals surface area contributed by atoms with Crippen LogP contribution < -0.4 is 5.32 Å². The number of para-hydroxylation sites is 1. The molecule has 1 aliphatic heterocycles. The molecule has 0 spiro atoms. The molecule has 2 heteroatoms. The topological polar surface area (TPSA) is 15.3 Å². The van der Waals surface area contributed by atoms with Gasteiger partial charge in [0.15, 0.2) is 0 Å². The normalized spacial score (nSPS) is 22.0. The molecule has 106 valence electrons. The van der Waals surface area contributed by atoms with Crippen molar-refractivity contribution < 1.29 is 0 Å². The summed E-state index contributed by atoms with van der Waals surface area (Å²) < 4.78 is 0. The second-order valence-electron chi connectivity index (χ2n) is 6.87. The number of rotatable bonds is 2. The van der Waals surface area contributed by atoms with E-state index >= 15 is 0 Å². The molecule has 2 nitrogen and oxygen atoms in total. The molecule has 1 saturated heterocycles. The van der Waals surface area contributed by atoms with E-state index in [0.29, 0.717) is 6.04 Å². The summed E-state index contributed by atoms with van der Waals surface area (Å²) in [4.78, 5) is 2.44. The Morgan fingerprint density at radius 3 is 2.58 bits per heavy atom. The van der Waals surface area contributed by atoms with E-state index in [1.54, 1.807) is 0 Å². The van der Waals surface area contributed by atoms with E-state index in [1.165, 1.54) is 43.6 Å². The Hall–Kier alpha value is -1.02. The Balaban J connectivity index is 2.10. The molecular formula is C17H28N2. The minimum atomic E-state index is 0.200. The SMILES string of the molecule is CN1CCCC(Nc2ccccc2C(C)(C)C)CC1. The second-order valence-corrected chi connectivity index (χ2v) is 6.87. The van der Waals surface area contributed by atoms with Crippen molar-refractivity contribution in [1.82, 2.24) is 4.90 Å². The quantitative estimate of drug-likeness (QED) is 0.868. The number of anilines is 1. The lowest BCUT2D eigenvalue weighted by molar-refractivity contribution is 0.348. The zero-order valence-electron chi connectivity index (χ0n) is 12.9. The highest BCUT2D eigenvalue weighted by atomic mass is 15.1. The Labute approximate surface area is 118 Å². The molecule has 1 aromatic carbocycles. The number of benzene rings is 1. The molecule has 1 atom stereocenters. The molecule has 1 fully saturated rings. The van der Waals surface area contributed by atoms with Crippen LogP contribution in [0.15, 0.2) is 24.3 Å². The van der Waals surface area contributed by atoms with Crippen molar-refractivity contribution in [1.29, 1.82) is 0 Å². The van der Waals surface area contributed by atoms with Gasteiger partial charge in [0.2, 0.25) is 0 Å². The maximum Gasteiger partial charge on any atom is 0.0380 e. The van der Waals surface area contributed by atoms with Gasteiger partial charge < -0.3 is 10.2 Å². The first-order valence-electron chi connectivity index (χ1n) is 7.51. The number of hydrogen-bond acceptors (Lipinski definition) is 2. The maximum absolute atomic E-state index is 3.79. The fourth-order valence-corrected chi connectivity index (χ4v) is 2.87. The molecule has 0 saturated carbocycles. The molecule has 0 aromatic heterocycles. The van der Waals surface area contributed by atoms with E-state index in [4.69, 9.17) is 0 Å². The molecule has 1 aliphatic rings. The summed E-state index contributed by atoms with van der Waals surface area (Å²) in [6, 6.07) is 9.39. The lowest BCUT2D eigenvalue weighted by Crippen LogP contribution is -2.24. The number of nitrogens with one attached hydrogen (secondary N) is 1. The van der Waals surface area contributed by atoms with Crippen LogP contribution in [-0.4, -0.2) is 31.1 Å². The molecule has 0 amide bonds. The van der Waals surface area contributed by atoms with E-state index < -0.39 is 0 Å². The molecule has 1 N–H and O–H groups in total. The van der Waals surface area contributed by atoms with Gasteiger partial charge in [-0.15, -0.1) is 0 Å². The van der Waals surface area contributed by atoms with Crippen LogP contribution in [0.2, 0.25) is 0 Å². The number of hydrogen-bond donors (Lipinski definition) is 1. The summed E-state index contributed by atoms with van der Waals surface area (Å²) in [5.41, 5.74) is 2.95. The molecule has 1 unspecified atom stereocenters. The minimum Gasteiger partial charge on any atom is -0.382 e. The molecule has 0 radical (unpaired) electrons. The zero-order valence-corrected chi connectivity index (χ0v) is 12.9. The van der Waals surface area contributed by atoms with E-state index in [1.807, 2.05) is 0 Å². The average Bonchev–Trinajstić information content (AvgIpc) is 2.54. The van der Waals surface area contributed by atoms with Gasteiger partial charge in [-0.05, 0) is 56.4 Å². The van der Waals surface area contributed by atoms with Crippen molar-refractivity contribution in [2.75, 3.05) is 25.5 Å². The fourth-order valence-electron chi connectivity index (χ4n) is 2.87. The third kappa shape index (κ3) is 3.97. The highest BCUT2D eigenvalue weighted by Gasteiger charge is 2.20. The van der Waals surface area contributed by atoms with Gasteiger partial charge in [0.05, 0.1) is 0 Å². The van der Waals surface area contributed by atoms with E-state index in [0.717, 1.165) is 0 Å². The summed E-state index contributed by atoms with van der Waals surface area (Å²) in [6.07, 6.45) is 3.82. The molecule has 0 aliphatic carbocycles. The smallest absolute Gasteiger partial charge is 0.0380 e. The maximum atomic E-state index is 3.79. The van der Waals surface area contributed by atoms with Gasteiger partial charge in [-0.3, -0.25) is 0 Å². The Morgan fingerprint density at radius 2 is 1.84 bits per heavy atom. The van der Waals surface area contributed by atoms with Gasteiger partial charge in [-0.25, -0.2) is 0 Å². The van der Waals surface area contributed by atoms with Crippen LogP contribution in [0.1, 0.15) is 45.6 Å². The Kier molecular flexibility index (Phi) is 4.51. The van der Waals surface area contributed by atoms with Crippen molar-refractivity contribution in [2.45, 2.75) is 51.5 Å². The largest absolute Gasteiger partial charge is 0.382 e. The molecule has 1 aromatic rings. The zero-order chi connectivity index (χ0) is 13.9. The summed E-state index contributed by atoms with van der Waals surface area (Å²) in [5.74, 6) is 0.